The average Bonchev–Trinajstić information content (AvgIpc) is 2.53. The summed E-state index contributed by atoms with van der Waals surface area (Å²) in [4.78, 5) is 0. The third kappa shape index (κ3) is 1.29. The van der Waals surface area contributed by atoms with Gasteiger partial charge in [0.15, 0.2) is 0 Å². The Bertz CT molecular complexity index is 450. The molecule has 0 saturated carbocycles. The number of aryl methyl sites for hydroxylation is 1. The number of rotatable bonds is 2. The van der Waals surface area contributed by atoms with Crippen molar-refractivity contribution in [3.05, 3.63) is 35.7 Å². The summed E-state index contributed by atoms with van der Waals surface area (Å²) in [5.74, 6) is 0. The molecular weight excluding hydrogens is 178 g/mol. The smallest absolute Gasteiger partial charge is 0.0713 e. The second-order valence-corrected chi connectivity index (χ2v) is 3.32. The Kier molecular flexibility index (Phi) is 2.23. The fourth-order valence-electron chi connectivity index (χ4n) is 1.69. The number of hydrogen-bond acceptors (Lipinski definition) is 3. The van der Waals surface area contributed by atoms with Gasteiger partial charge in [0.05, 0.1) is 23.9 Å². The molecule has 0 bridgehead atoms. The first-order valence-corrected chi connectivity index (χ1v) is 4.54. The second kappa shape index (κ2) is 3.40. The topological polar surface area (TPSA) is 63.5 Å². The van der Waals surface area contributed by atoms with Gasteiger partial charge in [-0.2, -0.15) is 5.10 Å². The molecular formula is C10H13N3O. The van der Waals surface area contributed by atoms with E-state index < -0.39 is 0 Å². The molecule has 1 unspecified atom stereocenters. The molecule has 2 rings (SSSR count). The lowest BCUT2D eigenvalue weighted by Gasteiger charge is -2.06. The lowest BCUT2D eigenvalue weighted by Crippen LogP contribution is -2.15. The normalized spacial score (nSPS) is 13.4. The molecule has 2 aromatic heterocycles. The van der Waals surface area contributed by atoms with Crippen LogP contribution >= 0.6 is 0 Å². The van der Waals surface area contributed by atoms with E-state index >= 15 is 0 Å². The molecule has 0 spiro atoms. The first kappa shape index (κ1) is 9.18. The van der Waals surface area contributed by atoms with E-state index in [0.29, 0.717) is 0 Å². The first-order valence-electron chi connectivity index (χ1n) is 4.54. The molecule has 3 N–H and O–H groups in total. The van der Waals surface area contributed by atoms with Crippen LogP contribution in [0.3, 0.4) is 0 Å². The van der Waals surface area contributed by atoms with Crippen molar-refractivity contribution in [2.45, 2.75) is 13.0 Å². The summed E-state index contributed by atoms with van der Waals surface area (Å²) in [6.45, 7) is 1.84. The molecule has 74 valence electrons. The highest BCUT2D eigenvalue weighted by atomic mass is 16.3. The van der Waals surface area contributed by atoms with Crippen molar-refractivity contribution in [1.29, 1.82) is 0 Å². The maximum Gasteiger partial charge on any atom is 0.0713 e. The molecule has 2 heterocycles. The van der Waals surface area contributed by atoms with E-state index in [-0.39, 0.29) is 12.6 Å². The van der Waals surface area contributed by atoms with E-state index in [2.05, 4.69) is 5.10 Å². The van der Waals surface area contributed by atoms with Crippen molar-refractivity contribution in [3.8, 4) is 0 Å². The highest BCUT2D eigenvalue weighted by Crippen LogP contribution is 2.20. The zero-order valence-electron chi connectivity index (χ0n) is 8.01. The van der Waals surface area contributed by atoms with Crippen molar-refractivity contribution >= 4 is 5.52 Å². The SMILES string of the molecule is Cc1nn2ccccc2c1C(N)CO. The van der Waals surface area contributed by atoms with Gasteiger partial charge in [-0.3, -0.25) is 0 Å². The monoisotopic (exact) mass is 191 g/mol. The van der Waals surface area contributed by atoms with Crippen LogP contribution in [0.5, 0.6) is 0 Å². The lowest BCUT2D eigenvalue weighted by molar-refractivity contribution is 0.268. The zero-order chi connectivity index (χ0) is 10.1. The quantitative estimate of drug-likeness (QED) is 0.732. The minimum absolute atomic E-state index is 0.0584. The van der Waals surface area contributed by atoms with Crippen LogP contribution < -0.4 is 5.73 Å². The number of aliphatic hydroxyl groups excluding tert-OH is 1. The molecule has 4 nitrogen and oxygen atoms in total. The highest BCUT2D eigenvalue weighted by molar-refractivity contribution is 5.57. The first-order chi connectivity index (χ1) is 6.74. The lowest BCUT2D eigenvalue weighted by atomic mass is 10.1. The van der Waals surface area contributed by atoms with Gasteiger partial charge in [-0.1, -0.05) is 6.07 Å². The third-order valence-electron chi connectivity index (χ3n) is 2.33. The number of aromatic nitrogens is 2. The summed E-state index contributed by atoms with van der Waals surface area (Å²) >= 11 is 0. The van der Waals surface area contributed by atoms with E-state index in [0.717, 1.165) is 16.8 Å². The Hall–Kier alpha value is -1.39. The van der Waals surface area contributed by atoms with E-state index in [1.54, 1.807) is 4.52 Å². The molecule has 0 fully saturated rings. The van der Waals surface area contributed by atoms with Crippen LogP contribution in [0, 0.1) is 6.92 Å². The molecule has 0 aromatic carbocycles. The standard InChI is InChI=1S/C10H13N3O/c1-7-10(8(11)6-14)9-4-2-3-5-13(9)12-7/h2-5,8,14H,6,11H2,1H3. The van der Waals surface area contributed by atoms with Gasteiger partial charge < -0.3 is 10.8 Å². The maximum absolute atomic E-state index is 9.03. The number of nitrogens with two attached hydrogens (primary N) is 1. The summed E-state index contributed by atoms with van der Waals surface area (Å²) in [6.07, 6.45) is 1.87. The number of nitrogens with zero attached hydrogens (tertiary/aromatic N) is 2. The fraction of sp³-hybridized carbons (Fsp3) is 0.300. The number of hydrogen-bond donors (Lipinski definition) is 2. The molecule has 14 heavy (non-hydrogen) atoms. The number of fused-ring (bicyclic) bond motifs is 1. The molecule has 0 amide bonds. The predicted molar refractivity (Wildman–Crippen MR) is 53.9 cm³/mol. The maximum atomic E-state index is 9.03. The van der Waals surface area contributed by atoms with E-state index in [9.17, 15) is 0 Å². The van der Waals surface area contributed by atoms with Gasteiger partial charge in [0.2, 0.25) is 0 Å². The summed E-state index contributed by atoms with van der Waals surface area (Å²) < 4.78 is 1.78. The highest BCUT2D eigenvalue weighted by Gasteiger charge is 2.14. The van der Waals surface area contributed by atoms with E-state index in [1.165, 1.54) is 0 Å². The Morgan fingerprint density at radius 2 is 2.36 bits per heavy atom. The minimum atomic E-state index is -0.352. The van der Waals surface area contributed by atoms with Gasteiger partial charge in [0.1, 0.15) is 0 Å². The van der Waals surface area contributed by atoms with E-state index in [4.69, 9.17) is 10.8 Å². The van der Waals surface area contributed by atoms with Gasteiger partial charge >= 0.3 is 0 Å². The Labute approximate surface area is 82.0 Å². The summed E-state index contributed by atoms with van der Waals surface area (Å²) in [5.41, 5.74) is 8.56. The van der Waals surface area contributed by atoms with Gasteiger partial charge in [-0.15, -0.1) is 0 Å². The molecule has 0 aliphatic heterocycles. The third-order valence-corrected chi connectivity index (χ3v) is 2.33. The van der Waals surface area contributed by atoms with Gasteiger partial charge in [-0.05, 0) is 19.1 Å². The summed E-state index contributed by atoms with van der Waals surface area (Å²) in [7, 11) is 0. The number of pyridine rings is 1. The van der Waals surface area contributed by atoms with Crippen molar-refractivity contribution in [2.24, 2.45) is 5.73 Å². The summed E-state index contributed by atoms with van der Waals surface area (Å²) in [5, 5.41) is 13.3. The average molecular weight is 191 g/mol. The second-order valence-electron chi connectivity index (χ2n) is 3.32. The minimum Gasteiger partial charge on any atom is -0.394 e. The Morgan fingerprint density at radius 3 is 3.07 bits per heavy atom. The van der Waals surface area contributed by atoms with E-state index in [1.807, 2.05) is 31.3 Å². The Morgan fingerprint density at radius 1 is 1.57 bits per heavy atom. The molecule has 2 aromatic rings. The molecule has 0 radical (unpaired) electrons. The van der Waals surface area contributed by atoms with Crippen LogP contribution in [0.15, 0.2) is 24.4 Å². The fourth-order valence-corrected chi connectivity index (χ4v) is 1.69. The van der Waals surface area contributed by atoms with Crippen molar-refractivity contribution < 1.29 is 5.11 Å². The molecule has 0 aliphatic carbocycles. The molecule has 0 saturated heterocycles. The van der Waals surface area contributed by atoms with Crippen LogP contribution in [-0.2, 0) is 0 Å². The van der Waals surface area contributed by atoms with Crippen LogP contribution in [0.1, 0.15) is 17.3 Å². The van der Waals surface area contributed by atoms with Crippen molar-refractivity contribution in [1.82, 2.24) is 9.61 Å². The van der Waals surface area contributed by atoms with Gasteiger partial charge in [0.25, 0.3) is 0 Å². The predicted octanol–water partition coefficient (Wildman–Crippen LogP) is 0.635. The van der Waals surface area contributed by atoms with Crippen molar-refractivity contribution in [2.75, 3.05) is 6.61 Å². The van der Waals surface area contributed by atoms with Crippen LogP contribution in [-0.4, -0.2) is 21.3 Å². The van der Waals surface area contributed by atoms with Crippen molar-refractivity contribution in [3.63, 3.8) is 0 Å². The summed E-state index contributed by atoms with van der Waals surface area (Å²) in [6, 6.07) is 5.44. The van der Waals surface area contributed by atoms with Gasteiger partial charge in [0, 0.05) is 11.8 Å². The van der Waals surface area contributed by atoms with Crippen LogP contribution in [0.2, 0.25) is 0 Å². The van der Waals surface area contributed by atoms with Crippen LogP contribution in [0.25, 0.3) is 5.52 Å². The Balaban J connectivity index is 2.67. The van der Waals surface area contributed by atoms with Crippen LogP contribution in [0.4, 0.5) is 0 Å². The zero-order valence-corrected chi connectivity index (χ0v) is 8.01. The largest absolute Gasteiger partial charge is 0.394 e. The molecule has 1 atom stereocenters. The van der Waals surface area contributed by atoms with Gasteiger partial charge in [-0.25, -0.2) is 4.52 Å². The molecule has 4 heteroatoms. The number of aliphatic hydroxyl groups is 1. The molecule has 0 aliphatic rings.